The maximum absolute atomic E-state index is 11.6. The topological polar surface area (TPSA) is 38.3 Å². The Labute approximate surface area is 117 Å². The highest BCUT2D eigenvalue weighted by Crippen LogP contribution is 2.26. The molecule has 0 fully saturated rings. The van der Waals surface area contributed by atoms with E-state index in [2.05, 4.69) is 33.4 Å². The van der Waals surface area contributed by atoms with E-state index >= 15 is 0 Å². The van der Waals surface area contributed by atoms with Crippen molar-refractivity contribution in [2.24, 2.45) is 5.41 Å². The summed E-state index contributed by atoms with van der Waals surface area (Å²) in [7, 11) is 1.41. The average Bonchev–Trinajstić information content (AvgIpc) is 2.32. The van der Waals surface area contributed by atoms with Gasteiger partial charge in [-0.3, -0.25) is 4.79 Å². The zero-order chi connectivity index (χ0) is 13.9. The van der Waals surface area contributed by atoms with Gasteiger partial charge in [-0.1, -0.05) is 15.9 Å². The van der Waals surface area contributed by atoms with Crippen LogP contribution in [-0.2, 0) is 9.53 Å². The molecule has 0 amide bonds. The van der Waals surface area contributed by atoms with Gasteiger partial charge < -0.3 is 10.1 Å². The first kappa shape index (κ1) is 15.0. The molecule has 0 aliphatic carbocycles. The molecular formula is C14H20BrNO2. The average molecular weight is 314 g/mol. The molecule has 1 aromatic carbocycles. The van der Waals surface area contributed by atoms with Gasteiger partial charge in [-0.2, -0.15) is 0 Å². The molecular weight excluding hydrogens is 294 g/mol. The molecule has 1 N–H and O–H groups in total. The lowest BCUT2D eigenvalue weighted by Gasteiger charge is -2.22. The number of hydrogen-bond acceptors (Lipinski definition) is 3. The number of ether oxygens (including phenoxy) is 1. The van der Waals surface area contributed by atoms with Crippen LogP contribution in [0.4, 0.5) is 5.69 Å². The van der Waals surface area contributed by atoms with Gasteiger partial charge in [0.2, 0.25) is 0 Å². The number of anilines is 1. The molecule has 0 unspecified atom stereocenters. The van der Waals surface area contributed by atoms with Crippen molar-refractivity contribution in [2.45, 2.75) is 27.7 Å². The number of carbonyl (C=O) groups is 1. The van der Waals surface area contributed by atoms with Gasteiger partial charge in [0.05, 0.1) is 12.5 Å². The third-order valence-corrected chi connectivity index (χ3v) is 4.16. The van der Waals surface area contributed by atoms with Crippen LogP contribution in [0.5, 0.6) is 0 Å². The van der Waals surface area contributed by atoms with Crippen molar-refractivity contribution in [3.05, 3.63) is 27.7 Å². The number of esters is 1. The van der Waals surface area contributed by atoms with E-state index in [0.717, 1.165) is 10.2 Å². The number of hydrogen-bond donors (Lipinski definition) is 1. The molecule has 0 aliphatic heterocycles. The standard InChI is InChI=1S/C14H20BrNO2/c1-9-6-11(7-10(2)12(9)15)16-8-14(3,4)13(17)18-5/h6-7,16H,8H2,1-5H3. The Morgan fingerprint density at radius 2 is 1.83 bits per heavy atom. The number of nitrogens with one attached hydrogen (secondary N) is 1. The molecule has 18 heavy (non-hydrogen) atoms. The molecule has 4 heteroatoms. The summed E-state index contributed by atoms with van der Waals surface area (Å²) in [5, 5.41) is 3.29. The van der Waals surface area contributed by atoms with E-state index in [1.54, 1.807) is 0 Å². The molecule has 1 aromatic rings. The smallest absolute Gasteiger partial charge is 0.313 e. The van der Waals surface area contributed by atoms with Crippen LogP contribution in [0.2, 0.25) is 0 Å². The number of rotatable bonds is 4. The molecule has 0 saturated carbocycles. The van der Waals surface area contributed by atoms with E-state index < -0.39 is 5.41 Å². The molecule has 100 valence electrons. The Morgan fingerprint density at radius 3 is 2.28 bits per heavy atom. The Hall–Kier alpha value is -1.03. The van der Waals surface area contributed by atoms with E-state index in [0.29, 0.717) is 6.54 Å². The zero-order valence-electron chi connectivity index (χ0n) is 11.6. The first-order valence-corrected chi connectivity index (χ1v) is 6.66. The lowest BCUT2D eigenvalue weighted by Crippen LogP contribution is -2.33. The van der Waals surface area contributed by atoms with Crippen LogP contribution in [0.3, 0.4) is 0 Å². The molecule has 3 nitrogen and oxygen atoms in total. The van der Waals surface area contributed by atoms with Crippen molar-refractivity contribution in [1.82, 2.24) is 0 Å². The van der Waals surface area contributed by atoms with Crippen molar-refractivity contribution in [3.8, 4) is 0 Å². The van der Waals surface area contributed by atoms with Crippen molar-refractivity contribution in [1.29, 1.82) is 0 Å². The van der Waals surface area contributed by atoms with Gasteiger partial charge in [-0.25, -0.2) is 0 Å². The van der Waals surface area contributed by atoms with Crippen LogP contribution < -0.4 is 5.32 Å². The summed E-state index contributed by atoms with van der Waals surface area (Å²) < 4.78 is 5.91. The molecule has 0 spiro atoms. The van der Waals surface area contributed by atoms with Crippen LogP contribution in [-0.4, -0.2) is 19.6 Å². The monoisotopic (exact) mass is 313 g/mol. The van der Waals surface area contributed by atoms with E-state index in [9.17, 15) is 4.79 Å². The number of benzene rings is 1. The second-order valence-electron chi connectivity index (χ2n) is 5.15. The summed E-state index contributed by atoms with van der Waals surface area (Å²) in [6, 6.07) is 4.12. The van der Waals surface area contributed by atoms with Crippen molar-refractivity contribution in [3.63, 3.8) is 0 Å². The highest BCUT2D eigenvalue weighted by molar-refractivity contribution is 9.10. The Morgan fingerprint density at radius 1 is 1.33 bits per heavy atom. The summed E-state index contributed by atoms with van der Waals surface area (Å²) in [5.74, 6) is -0.208. The summed E-state index contributed by atoms with van der Waals surface area (Å²) in [6.07, 6.45) is 0. The fourth-order valence-electron chi connectivity index (χ4n) is 1.72. The molecule has 0 aliphatic rings. The molecule has 0 radical (unpaired) electrons. The van der Waals surface area contributed by atoms with E-state index in [4.69, 9.17) is 4.74 Å². The second-order valence-corrected chi connectivity index (χ2v) is 5.95. The zero-order valence-corrected chi connectivity index (χ0v) is 13.1. The van der Waals surface area contributed by atoms with Gasteiger partial charge in [-0.05, 0) is 51.0 Å². The lowest BCUT2D eigenvalue weighted by atomic mass is 9.93. The number of aryl methyl sites for hydroxylation is 2. The minimum atomic E-state index is -0.538. The SMILES string of the molecule is COC(=O)C(C)(C)CNc1cc(C)c(Br)c(C)c1. The molecule has 1 rings (SSSR count). The normalized spacial score (nSPS) is 11.2. The van der Waals surface area contributed by atoms with Gasteiger partial charge in [0.15, 0.2) is 0 Å². The maximum atomic E-state index is 11.6. The Bertz CT molecular complexity index is 432. The van der Waals surface area contributed by atoms with Crippen LogP contribution in [0.25, 0.3) is 0 Å². The van der Waals surface area contributed by atoms with E-state index in [-0.39, 0.29) is 5.97 Å². The first-order valence-electron chi connectivity index (χ1n) is 5.87. The highest BCUT2D eigenvalue weighted by Gasteiger charge is 2.28. The number of carbonyl (C=O) groups excluding carboxylic acids is 1. The van der Waals surface area contributed by atoms with E-state index in [1.165, 1.54) is 18.2 Å². The Kier molecular flexibility index (Phi) is 4.79. The highest BCUT2D eigenvalue weighted by atomic mass is 79.9. The summed E-state index contributed by atoms with van der Waals surface area (Å²) in [5.41, 5.74) is 2.83. The summed E-state index contributed by atoms with van der Waals surface area (Å²) >= 11 is 3.54. The molecule has 0 heterocycles. The second kappa shape index (κ2) is 5.74. The molecule has 0 atom stereocenters. The number of halogens is 1. The van der Waals surface area contributed by atoms with Gasteiger partial charge in [0.25, 0.3) is 0 Å². The quantitative estimate of drug-likeness (QED) is 0.862. The molecule has 0 saturated heterocycles. The maximum Gasteiger partial charge on any atom is 0.313 e. The minimum absolute atomic E-state index is 0.208. The van der Waals surface area contributed by atoms with Crippen molar-refractivity contribution < 1.29 is 9.53 Å². The third kappa shape index (κ3) is 3.48. The Balaban J connectivity index is 2.78. The first-order chi connectivity index (χ1) is 8.27. The third-order valence-electron chi connectivity index (χ3n) is 2.91. The predicted molar refractivity (Wildman–Crippen MR) is 77.9 cm³/mol. The largest absolute Gasteiger partial charge is 0.469 e. The van der Waals surface area contributed by atoms with Gasteiger partial charge in [-0.15, -0.1) is 0 Å². The van der Waals surface area contributed by atoms with Gasteiger partial charge in [0.1, 0.15) is 0 Å². The van der Waals surface area contributed by atoms with Crippen LogP contribution in [0.1, 0.15) is 25.0 Å². The minimum Gasteiger partial charge on any atom is -0.469 e. The fourth-order valence-corrected chi connectivity index (χ4v) is 1.95. The van der Waals surface area contributed by atoms with E-state index in [1.807, 2.05) is 27.7 Å². The fraction of sp³-hybridized carbons (Fsp3) is 0.500. The van der Waals surface area contributed by atoms with Crippen molar-refractivity contribution in [2.75, 3.05) is 19.0 Å². The van der Waals surface area contributed by atoms with Crippen LogP contribution in [0.15, 0.2) is 16.6 Å². The molecule has 0 bridgehead atoms. The lowest BCUT2D eigenvalue weighted by molar-refractivity contribution is -0.149. The van der Waals surface area contributed by atoms with Crippen LogP contribution in [0, 0.1) is 19.3 Å². The van der Waals surface area contributed by atoms with Crippen molar-refractivity contribution >= 4 is 27.6 Å². The predicted octanol–water partition coefficient (Wildman–Crippen LogP) is 3.68. The van der Waals surface area contributed by atoms with Gasteiger partial charge in [0, 0.05) is 16.7 Å². The van der Waals surface area contributed by atoms with Crippen LogP contribution >= 0.6 is 15.9 Å². The molecule has 0 aromatic heterocycles. The van der Waals surface area contributed by atoms with Gasteiger partial charge >= 0.3 is 5.97 Å². The number of methoxy groups -OCH3 is 1. The summed E-state index contributed by atoms with van der Waals surface area (Å²) in [4.78, 5) is 11.6. The summed E-state index contributed by atoms with van der Waals surface area (Å²) in [6.45, 7) is 8.37.